The number of likely N-dealkylation sites (N-methyl/N-ethyl adjacent to an activating group) is 1. The zero-order valence-corrected chi connectivity index (χ0v) is 27.3. The molecule has 1 saturated carbocycles. The van der Waals surface area contributed by atoms with Crippen LogP contribution in [0.15, 0.2) is 12.1 Å². The lowest BCUT2D eigenvalue weighted by molar-refractivity contribution is -0.196. The van der Waals surface area contributed by atoms with Crippen molar-refractivity contribution >= 4 is 17.6 Å². The van der Waals surface area contributed by atoms with Crippen molar-refractivity contribution < 1.29 is 34.1 Å². The van der Waals surface area contributed by atoms with Crippen molar-refractivity contribution in [3.8, 4) is 11.5 Å². The molecule has 1 aromatic carbocycles. The molecular weight excluding hydrogens is 574 g/mol. The molecule has 4 aliphatic rings. The van der Waals surface area contributed by atoms with Gasteiger partial charge in [0.2, 0.25) is 11.8 Å². The van der Waals surface area contributed by atoms with E-state index in [-0.39, 0.29) is 59.7 Å². The maximum Gasteiger partial charge on any atom is 0.220 e. The van der Waals surface area contributed by atoms with E-state index in [1.165, 1.54) is 5.56 Å². The topological polar surface area (TPSA) is 137 Å². The van der Waals surface area contributed by atoms with Gasteiger partial charge in [-0.3, -0.25) is 14.4 Å². The van der Waals surface area contributed by atoms with E-state index in [0.29, 0.717) is 37.2 Å². The number of aliphatic hydroxyl groups excluding tert-OH is 1. The minimum absolute atomic E-state index is 0.0454. The molecule has 1 spiro atoms. The number of phenols is 1. The Labute approximate surface area is 267 Å². The average molecular weight is 628 g/mol. The summed E-state index contributed by atoms with van der Waals surface area (Å²) in [6, 6.07) is 4.22. The van der Waals surface area contributed by atoms with Crippen LogP contribution in [0.2, 0.25) is 0 Å². The fourth-order valence-electron chi connectivity index (χ4n) is 8.35. The summed E-state index contributed by atoms with van der Waals surface area (Å²) in [5.74, 6) is 1.42. The number of likely N-dealkylation sites (tertiary alicyclic amines) is 1. The molecule has 2 fully saturated rings. The third-order valence-electron chi connectivity index (χ3n) is 11.0. The van der Waals surface area contributed by atoms with E-state index >= 15 is 0 Å². The largest absolute Gasteiger partial charge is 0.504 e. The number of nitrogens with zero attached hydrogens (tertiary/aromatic N) is 1. The maximum atomic E-state index is 12.4. The molecule has 10 nitrogen and oxygen atoms in total. The van der Waals surface area contributed by atoms with Crippen LogP contribution < -0.4 is 15.4 Å². The van der Waals surface area contributed by atoms with Crippen molar-refractivity contribution in [1.29, 1.82) is 0 Å². The number of carbonyl (C=O) groups is 3. The molecule has 2 aliphatic carbocycles. The first-order valence-electron chi connectivity index (χ1n) is 17.2. The molecule has 2 aliphatic heterocycles. The summed E-state index contributed by atoms with van der Waals surface area (Å²) in [7, 11) is 2.20. The summed E-state index contributed by atoms with van der Waals surface area (Å²) in [5.41, 5.74) is 2.20. The number of rotatable bonds is 17. The summed E-state index contributed by atoms with van der Waals surface area (Å²) < 4.78 is 12.7. The van der Waals surface area contributed by atoms with E-state index in [4.69, 9.17) is 9.47 Å². The molecule has 5 rings (SSSR count). The number of phenolic OH excluding ortho intramolecular Hbond substituents is 1. The van der Waals surface area contributed by atoms with E-state index in [1.807, 2.05) is 13.0 Å². The van der Waals surface area contributed by atoms with Gasteiger partial charge in [-0.2, -0.15) is 0 Å². The lowest BCUT2D eigenvalue weighted by Gasteiger charge is -2.59. The number of aliphatic hydroxyl groups is 1. The number of ketones is 1. The van der Waals surface area contributed by atoms with Crippen molar-refractivity contribution in [2.45, 2.75) is 127 Å². The minimum Gasteiger partial charge on any atom is -0.504 e. The lowest BCUT2D eigenvalue weighted by Crippen LogP contribution is -2.66. The first-order valence-corrected chi connectivity index (χ1v) is 17.2. The fraction of sp³-hybridized carbons (Fsp3) is 0.743. The molecule has 7 atom stereocenters. The number of ether oxygens (including phenoxy) is 2. The number of amides is 2. The Morgan fingerprint density at radius 2 is 1.78 bits per heavy atom. The standard InChI is InChI=1S/C35H53N3O7/c1-22(23(2)39)9-6-8-19-36-29(41)10-5-4-7-18-37-30(42)15-16-31(43)44-28-14-12-25-26-21-24-11-13-27(40)33-32(24)35(25,34(28)45-33)17-20-38(26)3/h11,13,22,25-26,28,31,34,40,43H,4-10,12,14-21H2,1-3H3,(H,36,41)(H,37,42). The molecule has 1 saturated heterocycles. The Hall–Kier alpha value is -2.69. The normalized spacial score (nSPS) is 27.6. The highest BCUT2D eigenvalue weighted by molar-refractivity contribution is 5.78. The average Bonchev–Trinajstić information content (AvgIpc) is 3.37. The molecule has 10 heteroatoms. The monoisotopic (exact) mass is 627 g/mol. The third-order valence-corrected chi connectivity index (χ3v) is 11.0. The number of hydrogen-bond acceptors (Lipinski definition) is 8. The lowest BCUT2D eigenvalue weighted by atomic mass is 9.51. The summed E-state index contributed by atoms with van der Waals surface area (Å²) in [5, 5.41) is 27.4. The molecule has 0 aromatic heterocycles. The smallest absolute Gasteiger partial charge is 0.220 e. The Morgan fingerprint density at radius 1 is 1.04 bits per heavy atom. The number of hydrogen-bond donors (Lipinski definition) is 4. The zero-order chi connectivity index (χ0) is 32.1. The van der Waals surface area contributed by atoms with Gasteiger partial charge >= 0.3 is 0 Å². The summed E-state index contributed by atoms with van der Waals surface area (Å²) >= 11 is 0. The van der Waals surface area contributed by atoms with Gasteiger partial charge in [0.05, 0.1) is 6.10 Å². The van der Waals surface area contributed by atoms with Crippen LogP contribution in [0.3, 0.4) is 0 Å². The second-order valence-corrected chi connectivity index (χ2v) is 13.9. The van der Waals surface area contributed by atoms with Crippen LogP contribution in [0.25, 0.3) is 0 Å². The van der Waals surface area contributed by atoms with E-state index in [9.17, 15) is 24.6 Å². The molecule has 0 radical (unpaired) electrons. The maximum absolute atomic E-state index is 12.4. The van der Waals surface area contributed by atoms with Gasteiger partial charge in [0, 0.05) is 55.3 Å². The first kappa shape index (κ1) is 33.7. The van der Waals surface area contributed by atoms with Crippen LogP contribution in [0.5, 0.6) is 11.5 Å². The summed E-state index contributed by atoms with van der Waals surface area (Å²) in [6.07, 6.45) is 7.91. The number of aromatic hydroxyl groups is 1. The Bertz CT molecular complexity index is 1220. The Kier molecular flexibility index (Phi) is 11.1. The third kappa shape index (κ3) is 7.33. The molecule has 45 heavy (non-hydrogen) atoms. The Balaban J connectivity index is 0.978. The van der Waals surface area contributed by atoms with Gasteiger partial charge in [0.1, 0.15) is 11.9 Å². The van der Waals surface area contributed by atoms with Gasteiger partial charge in [-0.15, -0.1) is 0 Å². The highest BCUT2D eigenvalue weighted by atomic mass is 16.6. The highest BCUT2D eigenvalue weighted by Crippen LogP contribution is 2.64. The predicted molar refractivity (Wildman–Crippen MR) is 170 cm³/mol. The van der Waals surface area contributed by atoms with E-state index < -0.39 is 6.29 Å². The minimum atomic E-state index is -1.07. The van der Waals surface area contributed by atoms with Crippen LogP contribution in [0.4, 0.5) is 0 Å². The molecule has 250 valence electrons. The molecule has 2 amide bonds. The summed E-state index contributed by atoms with van der Waals surface area (Å²) in [6.45, 7) is 5.70. The van der Waals surface area contributed by atoms with E-state index in [1.54, 1.807) is 13.0 Å². The summed E-state index contributed by atoms with van der Waals surface area (Å²) in [4.78, 5) is 38.2. The number of carbonyl (C=O) groups excluding carboxylic acids is 3. The van der Waals surface area contributed by atoms with Crippen molar-refractivity contribution in [2.24, 2.45) is 11.8 Å². The van der Waals surface area contributed by atoms with Crippen LogP contribution in [-0.2, 0) is 31.0 Å². The SMILES string of the molecule is CC(=O)C(C)CCCCNC(=O)CCCCCNC(=O)CCC(O)OC1CCC2C3Cc4ccc(O)c5c4C2(CCN3C)C1O5. The second kappa shape index (κ2) is 14.8. The molecule has 2 bridgehead atoms. The Morgan fingerprint density at radius 3 is 2.53 bits per heavy atom. The zero-order valence-electron chi connectivity index (χ0n) is 27.3. The quantitative estimate of drug-likeness (QED) is 0.152. The molecular formula is C35H53N3O7. The molecule has 1 aromatic rings. The van der Waals surface area contributed by atoms with Crippen molar-refractivity contribution in [3.63, 3.8) is 0 Å². The number of Topliss-reactive ketones (excluding diaryl/α,β-unsaturated/α-hetero) is 1. The van der Waals surface area contributed by atoms with Crippen LogP contribution in [0.1, 0.15) is 102 Å². The number of benzene rings is 1. The van der Waals surface area contributed by atoms with Crippen molar-refractivity contribution in [3.05, 3.63) is 23.3 Å². The van der Waals surface area contributed by atoms with E-state index in [0.717, 1.165) is 76.3 Å². The van der Waals surface area contributed by atoms with Crippen molar-refractivity contribution in [1.82, 2.24) is 15.5 Å². The second-order valence-electron chi connectivity index (χ2n) is 13.9. The van der Waals surface area contributed by atoms with Gasteiger partial charge in [0.25, 0.3) is 0 Å². The highest BCUT2D eigenvalue weighted by Gasteiger charge is 2.65. The van der Waals surface area contributed by atoms with Gasteiger partial charge < -0.3 is 35.2 Å². The first-order chi connectivity index (χ1) is 21.6. The van der Waals surface area contributed by atoms with Crippen LogP contribution in [-0.4, -0.2) is 83.9 Å². The number of piperidine rings is 1. The fourth-order valence-corrected chi connectivity index (χ4v) is 8.35. The van der Waals surface area contributed by atoms with Gasteiger partial charge in [-0.1, -0.05) is 25.8 Å². The molecule has 7 unspecified atom stereocenters. The van der Waals surface area contributed by atoms with Crippen molar-refractivity contribution in [2.75, 3.05) is 26.7 Å². The van der Waals surface area contributed by atoms with Crippen LogP contribution in [0, 0.1) is 11.8 Å². The predicted octanol–water partition coefficient (Wildman–Crippen LogP) is 3.73. The number of nitrogens with one attached hydrogen (secondary N) is 2. The number of unbranched alkanes of at least 4 members (excludes halogenated alkanes) is 3. The van der Waals surface area contributed by atoms with E-state index in [2.05, 4.69) is 22.6 Å². The molecule has 2 heterocycles. The molecule has 4 N–H and O–H groups in total. The van der Waals surface area contributed by atoms with Gasteiger partial charge in [-0.25, -0.2) is 0 Å². The van der Waals surface area contributed by atoms with Gasteiger partial charge in [0.15, 0.2) is 17.8 Å². The van der Waals surface area contributed by atoms with Crippen LogP contribution >= 0.6 is 0 Å². The van der Waals surface area contributed by atoms with Gasteiger partial charge in [-0.05, 0) is 89.4 Å².